The molecule has 0 bridgehead atoms. The van der Waals surface area contributed by atoms with E-state index in [-0.39, 0.29) is 5.82 Å². The van der Waals surface area contributed by atoms with Crippen LogP contribution in [0, 0.1) is 11.9 Å². The maximum atomic E-state index is 13.9. The highest BCUT2D eigenvalue weighted by Gasteiger charge is 2.18. The first-order valence-corrected chi connectivity index (χ1v) is 10.1. The SMILES string of the molecule is NC(=O)c1cccc2c1c1[c]cc(-c3ccco3)cc1n2Cc1cc(F)ccc1Br. The van der Waals surface area contributed by atoms with Gasteiger partial charge in [-0.1, -0.05) is 22.0 Å². The molecule has 147 valence electrons. The lowest BCUT2D eigenvalue weighted by atomic mass is 10.0. The molecule has 0 spiro atoms. The molecule has 2 N–H and O–H groups in total. The van der Waals surface area contributed by atoms with Gasteiger partial charge < -0.3 is 14.7 Å². The van der Waals surface area contributed by atoms with Crippen molar-refractivity contribution in [3.05, 3.63) is 94.4 Å². The molecule has 0 fully saturated rings. The highest BCUT2D eigenvalue weighted by atomic mass is 79.9. The van der Waals surface area contributed by atoms with Crippen molar-refractivity contribution in [3.63, 3.8) is 0 Å². The van der Waals surface area contributed by atoms with Crippen molar-refractivity contribution in [2.75, 3.05) is 0 Å². The second-order valence-electron chi connectivity index (χ2n) is 7.01. The molecule has 5 rings (SSSR count). The van der Waals surface area contributed by atoms with Gasteiger partial charge in [-0.05, 0) is 66.2 Å². The van der Waals surface area contributed by atoms with Gasteiger partial charge >= 0.3 is 0 Å². The van der Waals surface area contributed by atoms with Gasteiger partial charge in [0.15, 0.2) is 0 Å². The van der Waals surface area contributed by atoms with Crippen molar-refractivity contribution < 1.29 is 13.6 Å². The predicted octanol–water partition coefficient (Wildman–Crippen LogP) is 5.90. The molecular weight excluding hydrogens is 447 g/mol. The van der Waals surface area contributed by atoms with Crippen molar-refractivity contribution >= 4 is 43.6 Å². The molecule has 5 aromatic rings. The predicted molar refractivity (Wildman–Crippen MR) is 118 cm³/mol. The molecule has 6 heteroatoms. The molecule has 2 aromatic heterocycles. The first-order chi connectivity index (χ1) is 14.5. The maximum absolute atomic E-state index is 13.9. The van der Waals surface area contributed by atoms with E-state index in [0.29, 0.717) is 17.9 Å². The van der Waals surface area contributed by atoms with E-state index in [1.807, 2.05) is 34.9 Å². The minimum absolute atomic E-state index is 0.311. The van der Waals surface area contributed by atoms with Crippen molar-refractivity contribution in [2.45, 2.75) is 6.54 Å². The summed E-state index contributed by atoms with van der Waals surface area (Å²) in [5, 5.41) is 1.51. The molecule has 0 aliphatic heterocycles. The molecule has 1 amide bonds. The fourth-order valence-electron chi connectivity index (χ4n) is 3.85. The molecule has 0 aliphatic rings. The normalized spacial score (nSPS) is 11.4. The molecule has 4 nitrogen and oxygen atoms in total. The van der Waals surface area contributed by atoms with Crippen molar-refractivity contribution in [2.24, 2.45) is 5.73 Å². The lowest BCUT2D eigenvalue weighted by Crippen LogP contribution is -2.11. The number of aromatic nitrogens is 1. The van der Waals surface area contributed by atoms with Crippen LogP contribution < -0.4 is 5.73 Å². The second kappa shape index (κ2) is 7.15. The van der Waals surface area contributed by atoms with E-state index >= 15 is 0 Å². The van der Waals surface area contributed by atoms with E-state index < -0.39 is 5.91 Å². The van der Waals surface area contributed by atoms with Crippen molar-refractivity contribution in [1.29, 1.82) is 0 Å². The number of carbonyl (C=O) groups excluding carboxylic acids is 1. The number of primary amides is 1. The number of benzene rings is 3. The maximum Gasteiger partial charge on any atom is 0.249 e. The zero-order valence-electron chi connectivity index (χ0n) is 15.7. The van der Waals surface area contributed by atoms with Gasteiger partial charge in [0.25, 0.3) is 0 Å². The molecular formula is C24H15BrFN2O2. The van der Waals surface area contributed by atoms with Gasteiger partial charge in [0.05, 0.1) is 17.3 Å². The summed E-state index contributed by atoms with van der Waals surface area (Å²) in [6, 6.07) is 20.9. The van der Waals surface area contributed by atoms with Crippen LogP contribution in [0.3, 0.4) is 0 Å². The van der Waals surface area contributed by atoms with Crippen LogP contribution in [0.4, 0.5) is 4.39 Å². The van der Waals surface area contributed by atoms with Gasteiger partial charge in [-0.25, -0.2) is 4.39 Å². The van der Waals surface area contributed by atoms with E-state index in [1.165, 1.54) is 12.1 Å². The molecule has 3 aromatic carbocycles. The minimum atomic E-state index is -0.505. The van der Waals surface area contributed by atoms with Gasteiger partial charge in [-0.3, -0.25) is 4.79 Å². The van der Waals surface area contributed by atoms with Gasteiger partial charge in [-0.15, -0.1) is 0 Å². The summed E-state index contributed by atoms with van der Waals surface area (Å²) in [5.74, 6) is -0.100. The van der Waals surface area contributed by atoms with Gasteiger partial charge in [0, 0.05) is 32.9 Å². The van der Waals surface area contributed by atoms with Crippen LogP contribution in [-0.4, -0.2) is 10.5 Å². The van der Waals surface area contributed by atoms with Crippen LogP contribution in [-0.2, 0) is 6.54 Å². The Morgan fingerprint density at radius 3 is 2.77 bits per heavy atom. The highest BCUT2D eigenvalue weighted by Crippen LogP contribution is 2.35. The molecule has 0 atom stereocenters. The van der Waals surface area contributed by atoms with Crippen LogP contribution in [0.5, 0.6) is 0 Å². The lowest BCUT2D eigenvalue weighted by Gasteiger charge is -2.10. The number of carbonyl (C=O) groups is 1. The quantitative estimate of drug-likeness (QED) is 0.361. The molecule has 0 aliphatic carbocycles. The lowest BCUT2D eigenvalue weighted by molar-refractivity contribution is 0.100. The van der Waals surface area contributed by atoms with Gasteiger partial charge in [0.2, 0.25) is 5.91 Å². The number of nitrogens with two attached hydrogens (primary N) is 1. The average molecular weight is 462 g/mol. The van der Waals surface area contributed by atoms with E-state index in [4.69, 9.17) is 10.2 Å². The van der Waals surface area contributed by atoms with E-state index in [2.05, 4.69) is 22.0 Å². The first kappa shape index (κ1) is 18.6. The topological polar surface area (TPSA) is 61.2 Å². The Bertz CT molecular complexity index is 1420. The van der Waals surface area contributed by atoms with E-state index in [1.54, 1.807) is 24.5 Å². The summed E-state index contributed by atoms with van der Waals surface area (Å²) in [7, 11) is 0. The third-order valence-corrected chi connectivity index (χ3v) is 5.98. The summed E-state index contributed by atoms with van der Waals surface area (Å²) in [4.78, 5) is 12.1. The Balaban J connectivity index is 1.83. The molecule has 1 radical (unpaired) electrons. The van der Waals surface area contributed by atoms with Crippen LogP contribution in [0.25, 0.3) is 33.1 Å². The standard InChI is InChI=1S/C24H15BrFN2O2/c25-19-9-7-16(26)11-15(19)13-28-20-4-1-3-18(24(27)29)23(20)17-8-6-14(12-21(17)28)22-5-2-10-30-22/h1-7,9-12H,13H2,(H2,27,29). The number of fused-ring (bicyclic) bond motifs is 3. The Labute approximate surface area is 179 Å². The summed E-state index contributed by atoms with van der Waals surface area (Å²) < 4.78 is 22.3. The Kier molecular flexibility index (Phi) is 4.44. The number of hydrogen-bond acceptors (Lipinski definition) is 2. The summed E-state index contributed by atoms with van der Waals surface area (Å²) in [6.45, 7) is 0.399. The Hall–Kier alpha value is -3.38. The first-order valence-electron chi connectivity index (χ1n) is 9.27. The molecule has 2 heterocycles. The fourth-order valence-corrected chi connectivity index (χ4v) is 4.22. The highest BCUT2D eigenvalue weighted by molar-refractivity contribution is 9.10. The third kappa shape index (κ3) is 3.00. The Morgan fingerprint density at radius 2 is 2.00 bits per heavy atom. The monoisotopic (exact) mass is 461 g/mol. The number of amides is 1. The number of furan rings is 1. The summed E-state index contributed by atoms with van der Waals surface area (Å²) in [5.41, 5.74) is 9.39. The average Bonchev–Trinajstić information content (AvgIpc) is 3.37. The largest absolute Gasteiger partial charge is 0.464 e. The van der Waals surface area contributed by atoms with Crippen LogP contribution in [0.2, 0.25) is 0 Å². The smallest absolute Gasteiger partial charge is 0.249 e. The van der Waals surface area contributed by atoms with Gasteiger partial charge in [0.1, 0.15) is 11.6 Å². The molecule has 30 heavy (non-hydrogen) atoms. The third-order valence-electron chi connectivity index (χ3n) is 5.20. The zero-order valence-corrected chi connectivity index (χ0v) is 17.2. The van der Waals surface area contributed by atoms with Crippen molar-refractivity contribution in [3.8, 4) is 11.3 Å². The summed E-state index contributed by atoms with van der Waals surface area (Å²) in [6.07, 6.45) is 1.62. The van der Waals surface area contributed by atoms with Crippen LogP contribution in [0.1, 0.15) is 15.9 Å². The summed E-state index contributed by atoms with van der Waals surface area (Å²) >= 11 is 3.51. The van der Waals surface area contributed by atoms with E-state index in [9.17, 15) is 9.18 Å². The van der Waals surface area contributed by atoms with Crippen LogP contribution in [0.15, 0.2) is 75.8 Å². The Morgan fingerprint density at radius 1 is 1.13 bits per heavy atom. The molecule has 0 saturated carbocycles. The second-order valence-corrected chi connectivity index (χ2v) is 7.87. The number of halogens is 2. The number of rotatable bonds is 4. The van der Waals surface area contributed by atoms with Crippen LogP contribution >= 0.6 is 15.9 Å². The minimum Gasteiger partial charge on any atom is -0.464 e. The fraction of sp³-hybridized carbons (Fsp3) is 0.0417. The molecule has 0 unspecified atom stereocenters. The van der Waals surface area contributed by atoms with E-state index in [0.717, 1.165) is 37.4 Å². The van der Waals surface area contributed by atoms with Crippen molar-refractivity contribution in [1.82, 2.24) is 4.57 Å². The number of nitrogens with zero attached hydrogens (tertiary/aromatic N) is 1. The molecule has 0 saturated heterocycles. The van der Waals surface area contributed by atoms with Gasteiger partial charge in [-0.2, -0.15) is 0 Å². The zero-order chi connectivity index (χ0) is 20.8. The number of hydrogen-bond donors (Lipinski definition) is 1.